The van der Waals surface area contributed by atoms with Gasteiger partial charge in [0.2, 0.25) is 0 Å². The zero-order chi connectivity index (χ0) is 13.9. The van der Waals surface area contributed by atoms with Gasteiger partial charge in [-0.3, -0.25) is 14.9 Å². The topological polar surface area (TPSA) is 83.7 Å². The van der Waals surface area contributed by atoms with Gasteiger partial charge in [0.1, 0.15) is 5.56 Å². The van der Waals surface area contributed by atoms with Crippen LogP contribution in [0.2, 0.25) is 0 Å². The van der Waals surface area contributed by atoms with Gasteiger partial charge in [0.05, 0.1) is 11.0 Å². The van der Waals surface area contributed by atoms with Crippen LogP contribution >= 0.6 is 0 Å². The molecule has 0 saturated carbocycles. The van der Waals surface area contributed by atoms with Gasteiger partial charge in [-0.25, -0.2) is 0 Å². The van der Waals surface area contributed by atoms with Gasteiger partial charge in [-0.1, -0.05) is 12.1 Å². The summed E-state index contributed by atoms with van der Waals surface area (Å²) in [6, 6.07) is 4.49. The Kier molecular flexibility index (Phi) is 4.38. The molecule has 1 atom stereocenters. The first-order valence-corrected chi connectivity index (χ1v) is 5.52. The maximum atomic E-state index is 12.1. The minimum absolute atomic E-state index is 0.0747. The van der Waals surface area contributed by atoms with E-state index in [4.69, 9.17) is 0 Å². The van der Waals surface area contributed by atoms with E-state index in [0.29, 0.717) is 5.56 Å². The number of aliphatic hydroxyl groups is 1. The van der Waals surface area contributed by atoms with Crippen LogP contribution in [0.25, 0.3) is 0 Å². The number of aryl methyl sites for hydroxylation is 1. The molecule has 6 nitrogen and oxygen atoms in total. The molecule has 0 aliphatic carbocycles. The second kappa shape index (κ2) is 5.59. The van der Waals surface area contributed by atoms with Gasteiger partial charge in [-0.2, -0.15) is 0 Å². The number of carbonyl (C=O) groups is 1. The molecular weight excluding hydrogens is 236 g/mol. The summed E-state index contributed by atoms with van der Waals surface area (Å²) < 4.78 is 0. The lowest BCUT2D eigenvalue weighted by atomic mass is 10.1. The van der Waals surface area contributed by atoms with Crippen molar-refractivity contribution in [2.24, 2.45) is 0 Å². The fourth-order valence-electron chi connectivity index (χ4n) is 1.75. The Hall–Kier alpha value is -1.95. The monoisotopic (exact) mass is 252 g/mol. The lowest BCUT2D eigenvalue weighted by Crippen LogP contribution is -2.33. The van der Waals surface area contributed by atoms with Crippen LogP contribution in [0, 0.1) is 17.0 Å². The number of nitro groups is 1. The van der Waals surface area contributed by atoms with Crippen molar-refractivity contribution in [2.45, 2.75) is 20.0 Å². The van der Waals surface area contributed by atoms with Crippen molar-refractivity contribution >= 4 is 11.6 Å². The quantitative estimate of drug-likeness (QED) is 0.647. The highest BCUT2D eigenvalue weighted by atomic mass is 16.6. The molecule has 0 heterocycles. The molecule has 0 aromatic heterocycles. The lowest BCUT2D eigenvalue weighted by Gasteiger charge is -2.19. The van der Waals surface area contributed by atoms with Crippen LogP contribution in [0.5, 0.6) is 0 Å². The van der Waals surface area contributed by atoms with Crippen LogP contribution in [0.4, 0.5) is 5.69 Å². The molecule has 18 heavy (non-hydrogen) atoms. The number of benzene rings is 1. The number of hydrogen-bond donors (Lipinski definition) is 1. The van der Waals surface area contributed by atoms with E-state index in [1.807, 2.05) is 0 Å². The van der Waals surface area contributed by atoms with Crippen molar-refractivity contribution in [1.29, 1.82) is 0 Å². The Labute approximate surface area is 105 Å². The van der Waals surface area contributed by atoms with Gasteiger partial charge in [0.15, 0.2) is 0 Å². The second-order valence-electron chi connectivity index (χ2n) is 4.26. The van der Waals surface area contributed by atoms with E-state index in [-0.39, 0.29) is 17.8 Å². The molecule has 0 bridgehead atoms. The standard InChI is InChI=1S/C12H16N2O4/c1-8-5-4-6-10(14(17)18)11(8)12(16)13(3)7-9(2)15/h4-6,9,15H,7H2,1-3H3. The van der Waals surface area contributed by atoms with Gasteiger partial charge in [0, 0.05) is 19.7 Å². The highest BCUT2D eigenvalue weighted by molar-refractivity contribution is 5.99. The van der Waals surface area contributed by atoms with Gasteiger partial charge >= 0.3 is 0 Å². The minimum atomic E-state index is -0.679. The van der Waals surface area contributed by atoms with E-state index in [2.05, 4.69) is 0 Å². The van der Waals surface area contributed by atoms with Gasteiger partial charge in [0.25, 0.3) is 11.6 Å². The highest BCUT2D eigenvalue weighted by Crippen LogP contribution is 2.23. The van der Waals surface area contributed by atoms with Crippen molar-refractivity contribution in [3.63, 3.8) is 0 Å². The number of aliphatic hydroxyl groups excluding tert-OH is 1. The molecule has 0 fully saturated rings. The van der Waals surface area contributed by atoms with Crippen molar-refractivity contribution in [1.82, 2.24) is 4.90 Å². The van der Waals surface area contributed by atoms with E-state index < -0.39 is 16.9 Å². The SMILES string of the molecule is Cc1cccc([N+](=O)[O-])c1C(=O)N(C)CC(C)O. The zero-order valence-electron chi connectivity index (χ0n) is 10.6. The first-order chi connectivity index (χ1) is 8.34. The first kappa shape index (κ1) is 14.1. The summed E-state index contributed by atoms with van der Waals surface area (Å²) in [6.07, 6.45) is -0.679. The summed E-state index contributed by atoms with van der Waals surface area (Å²) in [7, 11) is 1.51. The molecule has 1 N–H and O–H groups in total. The summed E-state index contributed by atoms with van der Waals surface area (Å²) >= 11 is 0. The Morgan fingerprint density at radius 3 is 2.67 bits per heavy atom. The fraction of sp³-hybridized carbons (Fsp3) is 0.417. The summed E-state index contributed by atoms with van der Waals surface area (Å²) in [5, 5.41) is 20.1. The minimum Gasteiger partial charge on any atom is -0.392 e. The lowest BCUT2D eigenvalue weighted by molar-refractivity contribution is -0.385. The predicted molar refractivity (Wildman–Crippen MR) is 66.5 cm³/mol. The fourth-order valence-corrected chi connectivity index (χ4v) is 1.75. The molecular formula is C12H16N2O4. The van der Waals surface area contributed by atoms with E-state index in [0.717, 1.165) is 0 Å². The van der Waals surface area contributed by atoms with Gasteiger partial charge in [-0.15, -0.1) is 0 Å². The van der Waals surface area contributed by atoms with Gasteiger partial charge < -0.3 is 10.0 Å². The van der Waals surface area contributed by atoms with Crippen LogP contribution in [-0.4, -0.2) is 40.5 Å². The maximum absolute atomic E-state index is 12.1. The molecule has 6 heteroatoms. The van der Waals surface area contributed by atoms with Crippen LogP contribution in [0.3, 0.4) is 0 Å². The maximum Gasteiger partial charge on any atom is 0.282 e. The van der Waals surface area contributed by atoms with E-state index in [9.17, 15) is 20.0 Å². The number of hydrogen-bond acceptors (Lipinski definition) is 4. The summed E-state index contributed by atoms with van der Waals surface area (Å²) in [4.78, 5) is 23.8. The molecule has 1 amide bonds. The Morgan fingerprint density at radius 2 is 2.17 bits per heavy atom. The normalized spacial score (nSPS) is 12.0. The molecule has 1 aromatic rings. The number of nitro benzene ring substituents is 1. The molecule has 0 aliphatic rings. The number of likely N-dealkylation sites (N-methyl/N-ethyl adjacent to an activating group) is 1. The highest BCUT2D eigenvalue weighted by Gasteiger charge is 2.25. The Balaban J connectivity index is 3.16. The first-order valence-electron chi connectivity index (χ1n) is 5.52. The average molecular weight is 252 g/mol. The third kappa shape index (κ3) is 3.04. The van der Waals surface area contributed by atoms with Crippen LogP contribution in [0.15, 0.2) is 18.2 Å². The summed E-state index contributed by atoms with van der Waals surface area (Å²) in [6.45, 7) is 3.33. The number of nitrogens with zero attached hydrogens (tertiary/aromatic N) is 2. The van der Waals surface area contributed by atoms with Crippen molar-refractivity contribution in [2.75, 3.05) is 13.6 Å². The molecule has 1 rings (SSSR count). The third-order valence-electron chi connectivity index (χ3n) is 2.55. The van der Waals surface area contributed by atoms with Crippen molar-refractivity contribution in [3.05, 3.63) is 39.4 Å². The molecule has 0 saturated heterocycles. The van der Waals surface area contributed by atoms with Crippen LogP contribution in [-0.2, 0) is 0 Å². The van der Waals surface area contributed by atoms with Crippen molar-refractivity contribution < 1.29 is 14.8 Å². The molecule has 98 valence electrons. The van der Waals surface area contributed by atoms with Crippen LogP contribution < -0.4 is 0 Å². The smallest absolute Gasteiger partial charge is 0.282 e. The second-order valence-corrected chi connectivity index (χ2v) is 4.26. The Morgan fingerprint density at radius 1 is 1.56 bits per heavy atom. The van der Waals surface area contributed by atoms with E-state index in [1.54, 1.807) is 26.0 Å². The summed E-state index contributed by atoms with van der Waals surface area (Å²) in [5.74, 6) is -0.458. The Bertz CT molecular complexity index is 471. The number of amides is 1. The molecule has 0 radical (unpaired) electrons. The number of carbonyl (C=O) groups excluding carboxylic acids is 1. The molecule has 0 aliphatic heterocycles. The molecule has 0 spiro atoms. The molecule has 1 unspecified atom stereocenters. The zero-order valence-corrected chi connectivity index (χ0v) is 10.6. The van der Waals surface area contributed by atoms with Gasteiger partial charge in [-0.05, 0) is 19.4 Å². The number of rotatable bonds is 4. The van der Waals surface area contributed by atoms with Crippen molar-refractivity contribution in [3.8, 4) is 0 Å². The summed E-state index contributed by atoms with van der Waals surface area (Å²) in [5.41, 5.74) is 0.412. The van der Waals surface area contributed by atoms with E-state index >= 15 is 0 Å². The molecule has 1 aromatic carbocycles. The third-order valence-corrected chi connectivity index (χ3v) is 2.55. The largest absolute Gasteiger partial charge is 0.392 e. The van der Waals surface area contributed by atoms with E-state index in [1.165, 1.54) is 18.0 Å². The average Bonchev–Trinajstić information content (AvgIpc) is 2.26. The predicted octanol–water partition coefficient (Wildman–Crippen LogP) is 1.36. The van der Waals surface area contributed by atoms with Crippen LogP contribution in [0.1, 0.15) is 22.8 Å².